The minimum Gasteiger partial charge on any atom is -0.462 e. The van der Waals surface area contributed by atoms with Gasteiger partial charge in [0.1, 0.15) is 6.04 Å². The van der Waals surface area contributed by atoms with E-state index >= 15 is 0 Å². The number of urea groups is 1. The number of imide groups is 1. The van der Waals surface area contributed by atoms with Crippen LogP contribution >= 0.6 is 0 Å². The highest BCUT2D eigenvalue weighted by molar-refractivity contribution is 6.22. The highest BCUT2D eigenvalue weighted by atomic mass is 16.5. The number of hydrogen-bond donors (Lipinski definition) is 1. The Kier molecular flexibility index (Phi) is 7.67. The van der Waals surface area contributed by atoms with Crippen LogP contribution in [0.2, 0.25) is 0 Å². The minimum absolute atomic E-state index is 0.194. The van der Waals surface area contributed by atoms with E-state index in [2.05, 4.69) is 5.32 Å². The van der Waals surface area contributed by atoms with Crippen LogP contribution in [0.15, 0.2) is 72.8 Å². The first-order valence-corrected chi connectivity index (χ1v) is 12.1. The molecule has 4 amide bonds. The summed E-state index contributed by atoms with van der Waals surface area (Å²) in [5.41, 5.74) is 4.25. The lowest BCUT2D eigenvalue weighted by Gasteiger charge is -2.22. The summed E-state index contributed by atoms with van der Waals surface area (Å²) >= 11 is 0. The molecule has 1 aliphatic rings. The van der Waals surface area contributed by atoms with Crippen LogP contribution < -0.4 is 10.2 Å². The van der Waals surface area contributed by atoms with E-state index in [0.29, 0.717) is 16.9 Å². The molecule has 0 aromatic heterocycles. The zero-order chi connectivity index (χ0) is 26.5. The van der Waals surface area contributed by atoms with Crippen molar-refractivity contribution in [3.8, 4) is 0 Å². The van der Waals surface area contributed by atoms with Crippen molar-refractivity contribution in [2.24, 2.45) is 0 Å². The van der Waals surface area contributed by atoms with E-state index < -0.39 is 29.9 Å². The Hall–Kier alpha value is -4.46. The molecule has 1 heterocycles. The molecule has 1 aliphatic heterocycles. The van der Waals surface area contributed by atoms with E-state index in [1.165, 1.54) is 4.90 Å². The van der Waals surface area contributed by atoms with Gasteiger partial charge in [0.25, 0.3) is 5.91 Å². The van der Waals surface area contributed by atoms with Crippen molar-refractivity contribution in [1.29, 1.82) is 0 Å². The summed E-state index contributed by atoms with van der Waals surface area (Å²) in [7, 11) is 0. The number of ether oxygens (including phenoxy) is 1. The van der Waals surface area contributed by atoms with E-state index in [4.69, 9.17) is 4.74 Å². The Morgan fingerprint density at radius 1 is 0.865 bits per heavy atom. The monoisotopic (exact) mass is 499 g/mol. The predicted molar refractivity (Wildman–Crippen MR) is 140 cm³/mol. The summed E-state index contributed by atoms with van der Waals surface area (Å²) in [5.74, 6) is -1.32. The van der Waals surface area contributed by atoms with Crippen molar-refractivity contribution in [3.05, 3.63) is 95.1 Å². The second-order valence-electron chi connectivity index (χ2n) is 8.97. The van der Waals surface area contributed by atoms with Gasteiger partial charge in [-0.1, -0.05) is 47.5 Å². The lowest BCUT2D eigenvalue weighted by atomic mass is 10.1. The molecule has 1 fully saturated rings. The van der Waals surface area contributed by atoms with Crippen LogP contribution in [0.5, 0.6) is 0 Å². The third-order valence-corrected chi connectivity index (χ3v) is 6.14. The number of rotatable bonds is 8. The van der Waals surface area contributed by atoms with Gasteiger partial charge in [0, 0.05) is 12.2 Å². The van der Waals surface area contributed by atoms with Gasteiger partial charge in [-0.15, -0.1) is 0 Å². The van der Waals surface area contributed by atoms with Crippen LogP contribution in [0.3, 0.4) is 0 Å². The second kappa shape index (κ2) is 11.1. The molecule has 4 rings (SSSR count). The Labute approximate surface area is 215 Å². The summed E-state index contributed by atoms with van der Waals surface area (Å²) in [6.07, 6.45) is -0.210. The molecule has 37 heavy (non-hydrogen) atoms. The maximum atomic E-state index is 13.5. The van der Waals surface area contributed by atoms with Crippen molar-refractivity contribution in [2.75, 3.05) is 16.8 Å². The van der Waals surface area contributed by atoms with Gasteiger partial charge in [-0.05, 0) is 62.7 Å². The van der Waals surface area contributed by atoms with Gasteiger partial charge in [0.15, 0.2) is 0 Å². The van der Waals surface area contributed by atoms with Crippen molar-refractivity contribution >= 4 is 35.2 Å². The predicted octanol–water partition coefficient (Wildman–Crippen LogP) is 4.85. The molecule has 0 bridgehead atoms. The number of hydrogen-bond acceptors (Lipinski definition) is 5. The molecule has 0 radical (unpaired) electrons. The number of nitrogens with one attached hydrogen (secondary N) is 1. The van der Waals surface area contributed by atoms with E-state index in [0.717, 1.165) is 21.6 Å². The molecule has 1 atom stereocenters. The first kappa shape index (κ1) is 25.6. The molecule has 0 unspecified atom stereocenters. The molecule has 1 N–H and O–H groups in total. The third kappa shape index (κ3) is 5.86. The van der Waals surface area contributed by atoms with Crippen LogP contribution in [0, 0.1) is 13.8 Å². The van der Waals surface area contributed by atoms with Crippen molar-refractivity contribution in [1.82, 2.24) is 4.90 Å². The maximum Gasteiger partial charge on any atom is 0.338 e. The highest BCUT2D eigenvalue weighted by Gasteiger charge is 2.46. The Morgan fingerprint density at radius 3 is 2.05 bits per heavy atom. The van der Waals surface area contributed by atoms with Crippen molar-refractivity contribution in [3.63, 3.8) is 0 Å². The summed E-state index contributed by atoms with van der Waals surface area (Å²) in [4.78, 5) is 54.3. The van der Waals surface area contributed by atoms with Gasteiger partial charge < -0.3 is 15.0 Å². The third-order valence-electron chi connectivity index (χ3n) is 6.14. The molecule has 1 saturated heterocycles. The van der Waals surface area contributed by atoms with Gasteiger partial charge in [-0.3, -0.25) is 9.59 Å². The Bertz CT molecular complexity index is 1300. The van der Waals surface area contributed by atoms with Crippen molar-refractivity contribution < 1.29 is 23.9 Å². The topological polar surface area (TPSA) is 96.0 Å². The number of aryl methyl sites for hydroxylation is 2. The summed E-state index contributed by atoms with van der Waals surface area (Å²) < 4.78 is 4.97. The Morgan fingerprint density at radius 2 is 1.46 bits per heavy atom. The molecule has 0 aliphatic carbocycles. The molecule has 0 spiro atoms. The fourth-order valence-corrected chi connectivity index (χ4v) is 4.13. The smallest absolute Gasteiger partial charge is 0.338 e. The molecule has 190 valence electrons. The lowest BCUT2D eigenvalue weighted by molar-refractivity contribution is -0.124. The fourth-order valence-electron chi connectivity index (χ4n) is 4.13. The van der Waals surface area contributed by atoms with E-state index in [1.807, 2.05) is 50.2 Å². The molecule has 3 aromatic rings. The van der Waals surface area contributed by atoms with Gasteiger partial charge in [-0.25, -0.2) is 14.5 Å². The first-order valence-electron chi connectivity index (χ1n) is 12.1. The molecular weight excluding hydrogens is 470 g/mol. The van der Waals surface area contributed by atoms with Crippen LogP contribution in [0.4, 0.5) is 16.2 Å². The first-order chi connectivity index (χ1) is 17.8. The zero-order valence-electron chi connectivity index (χ0n) is 21.1. The number of esters is 1. The largest absolute Gasteiger partial charge is 0.462 e. The quantitative estimate of drug-likeness (QED) is 0.353. The average Bonchev–Trinajstić information content (AvgIpc) is 3.10. The minimum atomic E-state index is -0.964. The van der Waals surface area contributed by atoms with E-state index in [-0.39, 0.29) is 19.6 Å². The molecule has 8 nitrogen and oxygen atoms in total. The fraction of sp³-hybridized carbons (Fsp3) is 0.241. The Balaban J connectivity index is 1.54. The highest BCUT2D eigenvalue weighted by Crippen LogP contribution is 2.29. The standard InChI is InChI=1S/C29H29N3O5/c1-4-37-28(35)22-11-13-23(14-12-22)30-26(33)17-25-27(34)32(24-15-7-20(3)8-16-24)29(36)31(25)18-21-9-5-19(2)6-10-21/h5-16,25H,4,17-18H2,1-3H3,(H,30,33)/t25-/m1/s1. The van der Waals surface area contributed by atoms with Gasteiger partial charge >= 0.3 is 12.0 Å². The van der Waals surface area contributed by atoms with E-state index in [1.54, 1.807) is 43.3 Å². The molecular formula is C29H29N3O5. The van der Waals surface area contributed by atoms with Gasteiger partial charge in [0.2, 0.25) is 5.91 Å². The lowest BCUT2D eigenvalue weighted by Crippen LogP contribution is -2.37. The van der Waals surface area contributed by atoms with Crippen LogP contribution in [-0.4, -0.2) is 41.4 Å². The van der Waals surface area contributed by atoms with Crippen LogP contribution in [0.25, 0.3) is 0 Å². The van der Waals surface area contributed by atoms with E-state index in [9.17, 15) is 19.2 Å². The number of anilines is 2. The van der Waals surface area contributed by atoms with Gasteiger partial charge in [-0.2, -0.15) is 0 Å². The normalized spacial score (nSPS) is 15.2. The molecule has 3 aromatic carbocycles. The maximum absolute atomic E-state index is 13.5. The number of benzene rings is 3. The zero-order valence-corrected chi connectivity index (χ0v) is 21.1. The number of nitrogens with zero attached hydrogens (tertiary/aromatic N) is 2. The number of carbonyl (C=O) groups is 4. The van der Waals surface area contributed by atoms with Crippen molar-refractivity contribution in [2.45, 2.75) is 39.8 Å². The summed E-state index contributed by atoms with van der Waals surface area (Å²) in [6.45, 7) is 6.08. The van der Waals surface area contributed by atoms with Crippen LogP contribution in [-0.2, 0) is 20.9 Å². The SMILES string of the molecule is CCOC(=O)c1ccc(NC(=O)C[C@@H]2C(=O)N(c3ccc(C)cc3)C(=O)N2Cc2ccc(C)cc2)cc1. The molecule has 8 heteroatoms. The summed E-state index contributed by atoms with van der Waals surface area (Å²) in [5, 5.41) is 2.76. The average molecular weight is 500 g/mol. The number of carbonyl (C=O) groups excluding carboxylic acids is 4. The summed E-state index contributed by atoms with van der Waals surface area (Å²) in [6, 6.07) is 19.7. The van der Waals surface area contributed by atoms with Crippen LogP contribution in [0.1, 0.15) is 40.4 Å². The number of amides is 4. The second-order valence-corrected chi connectivity index (χ2v) is 8.97. The van der Waals surface area contributed by atoms with Gasteiger partial charge in [0.05, 0.1) is 24.3 Å². The molecule has 0 saturated carbocycles.